The first kappa shape index (κ1) is 14.1. The number of halogens is 1. The molecule has 0 aliphatic heterocycles. The van der Waals surface area contributed by atoms with Gasteiger partial charge in [-0.25, -0.2) is 9.18 Å². The number of hydrogen-bond donors (Lipinski definition) is 1. The molecule has 0 saturated carbocycles. The highest BCUT2D eigenvalue weighted by molar-refractivity contribution is 5.91. The molecular formula is C16H15FO3. The summed E-state index contributed by atoms with van der Waals surface area (Å²) in [4.78, 5) is 11.2. The Bertz CT molecular complexity index is 678. The lowest BCUT2D eigenvalue weighted by Gasteiger charge is -2.12. The summed E-state index contributed by atoms with van der Waals surface area (Å²) in [5.74, 6) is -1.37. The topological polar surface area (TPSA) is 46.5 Å². The smallest absolute Gasteiger partial charge is 0.335 e. The molecule has 104 valence electrons. The molecule has 3 nitrogen and oxygen atoms in total. The molecule has 0 heterocycles. The molecule has 2 rings (SSSR count). The molecule has 0 radical (unpaired) electrons. The van der Waals surface area contributed by atoms with Crippen LogP contribution in [0.1, 0.15) is 21.5 Å². The summed E-state index contributed by atoms with van der Waals surface area (Å²) in [6.07, 6.45) is 0. The number of carbonyl (C=O) groups is 1. The van der Waals surface area contributed by atoms with E-state index in [2.05, 4.69) is 0 Å². The first-order valence-corrected chi connectivity index (χ1v) is 6.13. The van der Waals surface area contributed by atoms with Crippen molar-refractivity contribution in [3.8, 4) is 16.9 Å². The third-order valence-electron chi connectivity index (χ3n) is 3.28. The molecule has 2 aromatic carbocycles. The zero-order chi connectivity index (χ0) is 14.9. The highest BCUT2D eigenvalue weighted by Crippen LogP contribution is 2.32. The SMILES string of the molecule is COc1cccc(-c2cc(C(=O)O)c(C)cc2C)c1F. The van der Waals surface area contributed by atoms with Gasteiger partial charge in [0.1, 0.15) is 0 Å². The molecule has 1 N–H and O–H groups in total. The highest BCUT2D eigenvalue weighted by Gasteiger charge is 2.16. The van der Waals surface area contributed by atoms with Crippen LogP contribution in [0.25, 0.3) is 11.1 Å². The van der Waals surface area contributed by atoms with Crippen molar-refractivity contribution in [2.24, 2.45) is 0 Å². The van der Waals surface area contributed by atoms with E-state index in [-0.39, 0.29) is 11.3 Å². The van der Waals surface area contributed by atoms with E-state index in [1.54, 1.807) is 25.1 Å². The van der Waals surface area contributed by atoms with Crippen molar-refractivity contribution < 1.29 is 19.0 Å². The lowest BCUT2D eigenvalue weighted by molar-refractivity contribution is 0.0696. The minimum Gasteiger partial charge on any atom is -0.494 e. The average molecular weight is 274 g/mol. The van der Waals surface area contributed by atoms with Crippen LogP contribution in [0.5, 0.6) is 5.75 Å². The predicted molar refractivity (Wildman–Crippen MR) is 74.8 cm³/mol. The van der Waals surface area contributed by atoms with E-state index < -0.39 is 11.8 Å². The van der Waals surface area contributed by atoms with Gasteiger partial charge in [0.25, 0.3) is 0 Å². The normalized spacial score (nSPS) is 10.4. The van der Waals surface area contributed by atoms with Gasteiger partial charge in [-0.15, -0.1) is 0 Å². The predicted octanol–water partition coefficient (Wildman–Crippen LogP) is 3.82. The van der Waals surface area contributed by atoms with Gasteiger partial charge >= 0.3 is 5.97 Å². The van der Waals surface area contributed by atoms with Gasteiger partial charge in [-0.3, -0.25) is 0 Å². The molecule has 0 bridgehead atoms. The summed E-state index contributed by atoms with van der Waals surface area (Å²) in [6.45, 7) is 3.55. The monoisotopic (exact) mass is 274 g/mol. The standard InChI is InChI=1S/C16H15FO3/c1-9-7-10(2)13(16(18)19)8-12(9)11-5-4-6-14(20-3)15(11)17/h4-8H,1-3H3,(H,18,19). The molecular weight excluding hydrogens is 259 g/mol. The summed E-state index contributed by atoms with van der Waals surface area (Å²) in [5, 5.41) is 9.18. The maximum atomic E-state index is 14.3. The number of aromatic carboxylic acids is 1. The van der Waals surface area contributed by atoms with Crippen molar-refractivity contribution in [1.29, 1.82) is 0 Å². The molecule has 0 fully saturated rings. The Morgan fingerprint density at radius 1 is 1.15 bits per heavy atom. The molecule has 0 spiro atoms. The Morgan fingerprint density at radius 2 is 1.85 bits per heavy atom. The van der Waals surface area contributed by atoms with Gasteiger partial charge in [0.2, 0.25) is 0 Å². The Labute approximate surface area is 116 Å². The Hall–Kier alpha value is -2.36. The lowest BCUT2D eigenvalue weighted by Crippen LogP contribution is -2.02. The Kier molecular flexibility index (Phi) is 3.74. The number of rotatable bonds is 3. The second kappa shape index (κ2) is 5.33. The third-order valence-corrected chi connectivity index (χ3v) is 3.28. The number of aryl methyl sites for hydroxylation is 2. The quantitative estimate of drug-likeness (QED) is 0.925. The number of carboxylic acid groups (broad SMARTS) is 1. The summed E-state index contributed by atoms with van der Waals surface area (Å²) >= 11 is 0. The van der Waals surface area contributed by atoms with Gasteiger partial charge in [0.15, 0.2) is 11.6 Å². The van der Waals surface area contributed by atoms with Crippen molar-refractivity contribution in [2.45, 2.75) is 13.8 Å². The minimum atomic E-state index is -1.02. The zero-order valence-corrected chi connectivity index (χ0v) is 11.5. The van der Waals surface area contributed by atoms with Crippen LogP contribution in [0.2, 0.25) is 0 Å². The van der Waals surface area contributed by atoms with Crippen LogP contribution in [-0.4, -0.2) is 18.2 Å². The van der Waals surface area contributed by atoms with Gasteiger partial charge < -0.3 is 9.84 Å². The molecule has 0 aliphatic carbocycles. The molecule has 20 heavy (non-hydrogen) atoms. The van der Waals surface area contributed by atoms with Crippen LogP contribution in [0.15, 0.2) is 30.3 Å². The van der Waals surface area contributed by atoms with E-state index >= 15 is 0 Å². The molecule has 0 saturated heterocycles. The first-order chi connectivity index (χ1) is 9.45. The fourth-order valence-electron chi connectivity index (χ4n) is 2.25. The third kappa shape index (κ3) is 2.37. The summed E-state index contributed by atoms with van der Waals surface area (Å²) in [5.41, 5.74) is 2.54. The van der Waals surface area contributed by atoms with Crippen LogP contribution >= 0.6 is 0 Å². The van der Waals surface area contributed by atoms with Crippen LogP contribution in [0.4, 0.5) is 4.39 Å². The van der Waals surface area contributed by atoms with E-state index in [1.165, 1.54) is 19.2 Å². The van der Waals surface area contributed by atoms with Crippen LogP contribution < -0.4 is 4.74 Å². The number of ether oxygens (including phenoxy) is 1. The van der Waals surface area contributed by atoms with Gasteiger partial charge in [-0.05, 0) is 42.7 Å². The number of benzene rings is 2. The van der Waals surface area contributed by atoms with E-state index in [4.69, 9.17) is 4.74 Å². The molecule has 0 aliphatic rings. The van der Waals surface area contributed by atoms with Crippen molar-refractivity contribution >= 4 is 5.97 Å². The van der Waals surface area contributed by atoms with E-state index in [0.29, 0.717) is 16.7 Å². The largest absolute Gasteiger partial charge is 0.494 e. The Morgan fingerprint density at radius 3 is 2.45 bits per heavy atom. The molecule has 0 amide bonds. The maximum absolute atomic E-state index is 14.3. The van der Waals surface area contributed by atoms with Gasteiger partial charge in [-0.2, -0.15) is 0 Å². The zero-order valence-electron chi connectivity index (χ0n) is 11.5. The summed E-state index contributed by atoms with van der Waals surface area (Å²) < 4.78 is 19.3. The van der Waals surface area contributed by atoms with Crippen LogP contribution in [0.3, 0.4) is 0 Å². The lowest BCUT2D eigenvalue weighted by atomic mass is 9.94. The molecule has 0 unspecified atom stereocenters. The fourth-order valence-corrected chi connectivity index (χ4v) is 2.25. The second-order valence-corrected chi connectivity index (χ2v) is 4.61. The summed E-state index contributed by atoms with van der Waals surface area (Å²) in [7, 11) is 1.40. The van der Waals surface area contributed by atoms with Crippen molar-refractivity contribution in [1.82, 2.24) is 0 Å². The molecule has 0 atom stereocenters. The van der Waals surface area contributed by atoms with Crippen LogP contribution in [-0.2, 0) is 0 Å². The van der Waals surface area contributed by atoms with Gasteiger partial charge in [0, 0.05) is 5.56 Å². The average Bonchev–Trinajstić information content (AvgIpc) is 2.39. The van der Waals surface area contributed by atoms with E-state index in [0.717, 1.165) is 5.56 Å². The first-order valence-electron chi connectivity index (χ1n) is 6.13. The Balaban J connectivity index is 2.70. The van der Waals surface area contributed by atoms with Gasteiger partial charge in [0.05, 0.1) is 12.7 Å². The number of hydrogen-bond acceptors (Lipinski definition) is 2. The molecule has 0 aromatic heterocycles. The minimum absolute atomic E-state index is 0.138. The van der Waals surface area contributed by atoms with Gasteiger partial charge in [-0.1, -0.05) is 18.2 Å². The van der Waals surface area contributed by atoms with E-state index in [9.17, 15) is 14.3 Å². The highest BCUT2D eigenvalue weighted by atomic mass is 19.1. The number of carboxylic acids is 1. The van der Waals surface area contributed by atoms with Crippen molar-refractivity contribution in [3.63, 3.8) is 0 Å². The van der Waals surface area contributed by atoms with Crippen LogP contribution in [0, 0.1) is 19.7 Å². The molecule has 4 heteroatoms. The van der Waals surface area contributed by atoms with Crippen molar-refractivity contribution in [2.75, 3.05) is 7.11 Å². The second-order valence-electron chi connectivity index (χ2n) is 4.61. The molecule has 2 aromatic rings. The summed E-state index contributed by atoms with van der Waals surface area (Å²) in [6, 6.07) is 8.07. The fraction of sp³-hybridized carbons (Fsp3) is 0.188. The number of methoxy groups -OCH3 is 1. The van der Waals surface area contributed by atoms with Crippen molar-refractivity contribution in [3.05, 3.63) is 52.8 Å². The maximum Gasteiger partial charge on any atom is 0.335 e. The van der Waals surface area contributed by atoms with E-state index in [1.807, 2.05) is 6.92 Å².